The highest BCUT2D eigenvalue weighted by Gasteiger charge is 2.47. The molecule has 0 bridgehead atoms. The average molecular weight is 469 g/mol. The fourth-order valence-corrected chi connectivity index (χ4v) is 5.64. The van der Waals surface area contributed by atoms with E-state index in [1.807, 2.05) is 30.6 Å². The molecule has 1 spiro atoms. The summed E-state index contributed by atoms with van der Waals surface area (Å²) < 4.78 is 5.83. The molecule has 166 valence electrons. The van der Waals surface area contributed by atoms with Gasteiger partial charge in [-0.3, -0.25) is 9.97 Å². The Kier molecular flexibility index (Phi) is 6.03. The normalized spacial score (nSPS) is 22.4. The van der Waals surface area contributed by atoms with Crippen LogP contribution < -0.4 is 10.6 Å². The second-order valence-corrected chi connectivity index (χ2v) is 9.85. The topological polar surface area (TPSA) is 90.0 Å². The van der Waals surface area contributed by atoms with E-state index in [1.54, 1.807) is 18.6 Å². The molecule has 5 rings (SSSR count). The van der Waals surface area contributed by atoms with Gasteiger partial charge in [0.05, 0.1) is 42.0 Å². The molecule has 2 aliphatic rings. The number of anilines is 1. The van der Waals surface area contributed by atoms with Gasteiger partial charge in [0.15, 0.2) is 0 Å². The zero-order chi connectivity index (χ0) is 22.1. The Labute approximate surface area is 196 Å². The molecule has 32 heavy (non-hydrogen) atoms. The van der Waals surface area contributed by atoms with Crippen LogP contribution in [0.25, 0.3) is 11.3 Å². The summed E-state index contributed by atoms with van der Waals surface area (Å²) in [5, 5.41) is 1.43. The van der Waals surface area contributed by atoms with Gasteiger partial charge in [0, 0.05) is 47.4 Å². The summed E-state index contributed by atoms with van der Waals surface area (Å²) in [5.41, 5.74) is 8.12. The molecule has 4 heterocycles. The van der Waals surface area contributed by atoms with Crippen molar-refractivity contribution < 1.29 is 4.74 Å². The molecule has 2 aliphatic heterocycles. The maximum absolute atomic E-state index is 6.66. The first-order valence-electron chi connectivity index (χ1n) is 10.7. The third kappa shape index (κ3) is 4.08. The van der Waals surface area contributed by atoms with Gasteiger partial charge in [-0.2, -0.15) is 0 Å². The van der Waals surface area contributed by atoms with Crippen molar-refractivity contribution in [1.82, 2.24) is 19.9 Å². The summed E-state index contributed by atoms with van der Waals surface area (Å²) in [6, 6.07) is 5.98. The monoisotopic (exact) mass is 468 g/mol. The molecule has 2 fully saturated rings. The molecule has 2 saturated heterocycles. The molecule has 2 aromatic heterocycles. The number of rotatable bonds is 4. The molecule has 2 atom stereocenters. The first-order chi connectivity index (χ1) is 15.6. The fraction of sp³-hybridized carbons (Fsp3) is 0.391. The average Bonchev–Trinajstić information content (AvgIpc) is 3.10. The first-order valence-corrected chi connectivity index (χ1v) is 11.9. The second kappa shape index (κ2) is 8.94. The summed E-state index contributed by atoms with van der Waals surface area (Å²) in [6.07, 6.45) is 10.8. The predicted octanol–water partition coefficient (Wildman–Crippen LogP) is 4.07. The smallest absolute Gasteiger partial charge is 0.147 e. The van der Waals surface area contributed by atoms with Crippen molar-refractivity contribution in [3.63, 3.8) is 0 Å². The van der Waals surface area contributed by atoms with Crippen molar-refractivity contribution >= 4 is 29.2 Å². The van der Waals surface area contributed by atoms with Gasteiger partial charge in [-0.05, 0) is 25.8 Å². The van der Waals surface area contributed by atoms with Gasteiger partial charge in [0.25, 0.3) is 0 Å². The third-order valence-corrected chi connectivity index (χ3v) is 8.06. The molecule has 3 aromatic rings. The number of ether oxygens (including phenoxy) is 1. The van der Waals surface area contributed by atoms with Gasteiger partial charge in [-0.1, -0.05) is 35.5 Å². The van der Waals surface area contributed by atoms with Crippen LogP contribution in [-0.2, 0) is 4.74 Å². The molecule has 0 unspecified atom stereocenters. The molecular weight excluding hydrogens is 444 g/mol. The Morgan fingerprint density at radius 1 is 1.12 bits per heavy atom. The Morgan fingerprint density at radius 2 is 1.97 bits per heavy atom. The van der Waals surface area contributed by atoms with E-state index >= 15 is 0 Å². The van der Waals surface area contributed by atoms with Gasteiger partial charge >= 0.3 is 0 Å². The predicted molar refractivity (Wildman–Crippen MR) is 126 cm³/mol. The van der Waals surface area contributed by atoms with Crippen LogP contribution in [0.2, 0.25) is 5.02 Å². The number of piperidine rings is 1. The Morgan fingerprint density at radius 3 is 2.62 bits per heavy atom. The molecule has 2 N–H and O–H groups in total. The van der Waals surface area contributed by atoms with E-state index in [9.17, 15) is 0 Å². The largest absolute Gasteiger partial charge is 0.376 e. The minimum Gasteiger partial charge on any atom is -0.376 e. The maximum Gasteiger partial charge on any atom is 0.147 e. The van der Waals surface area contributed by atoms with Gasteiger partial charge in [-0.15, -0.1) is 0 Å². The molecule has 0 saturated carbocycles. The zero-order valence-corrected chi connectivity index (χ0v) is 19.4. The fourth-order valence-electron chi connectivity index (χ4n) is 4.52. The number of hydrogen-bond acceptors (Lipinski definition) is 8. The van der Waals surface area contributed by atoms with E-state index in [0.717, 1.165) is 59.5 Å². The molecule has 0 radical (unpaired) electrons. The number of aromatic nitrogens is 4. The van der Waals surface area contributed by atoms with Crippen molar-refractivity contribution in [3.8, 4) is 11.3 Å². The van der Waals surface area contributed by atoms with Crippen molar-refractivity contribution in [1.29, 1.82) is 0 Å². The molecule has 0 aliphatic carbocycles. The zero-order valence-electron chi connectivity index (χ0n) is 17.8. The van der Waals surface area contributed by atoms with Gasteiger partial charge in [0.2, 0.25) is 0 Å². The van der Waals surface area contributed by atoms with Crippen LogP contribution in [0.3, 0.4) is 0 Å². The number of benzene rings is 1. The number of hydrogen-bond donors (Lipinski definition) is 1. The Bertz CT molecular complexity index is 1080. The molecule has 7 nitrogen and oxygen atoms in total. The molecule has 1 aromatic carbocycles. The SMILES string of the molecule is C[C@@H]1OCC2(CCN(c3cnc(Sc4cccc(-c5cnccn5)c4Cl)cn3)CC2)[C@@H]1N. The second-order valence-electron chi connectivity index (χ2n) is 8.41. The third-order valence-electron chi connectivity index (χ3n) is 6.56. The standard InChI is InChI=1S/C23H25ClN6OS/c1-15-22(25)23(14-31-15)5-9-30(10-6-23)19-12-29-20(13-28-19)32-18-4-2-3-16(21(18)24)17-11-26-7-8-27-17/h2-4,7-8,11-13,15,22H,5-6,9-10,14,25H2,1H3/t15-,22+/m0/s1. The van der Waals surface area contributed by atoms with E-state index in [1.165, 1.54) is 11.8 Å². The van der Waals surface area contributed by atoms with E-state index in [4.69, 9.17) is 22.1 Å². The van der Waals surface area contributed by atoms with Crippen LogP contribution in [0.5, 0.6) is 0 Å². The number of nitrogens with two attached hydrogens (primary N) is 1. The van der Waals surface area contributed by atoms with E-state index < -0.39 is 0 Å². The van der Waals surface area contributed by atoms with Gasteiger partial charge in [-0.25, -0.2) is 9.97 Å². The van der Waals surface area contributed by atoms with Crippen LogP contribution in [0.1, 0.15) is 19.8 Å². The highest BCUT2D eigenvalue weighted by atomic mass is 35.5. The van der Waals surface area contributed by atoms with Crippen LogP contribution in [0.4, 0.5) is 5.82 Å². The lowest BCUT2D eigenvalue weighted by atomic mass is 9.73. The summed E-state index contributed by atoms with van der Waals surface area (Å²) in [6.45, 7) is 4.66. The van der Waals surface area contributed by atoms with Gasteiger partial charge in [0.1, 0.15) is 10.8 Å². The van der Waals surface area contributed by atoms with Crippen LogP contribution in [0, 0.1) is 5.41 Å². The highest BCUT2D eigenvalue weighted by molar-refractivity contribution is 7.99. The van der Waals surface area contributed by atoms with Crippen LogP contribution in [-0.4, -0.2) is 51.8 Å². The van der Waals surface area contributed by atoms with E-state index in [-0.39, 0.29) is 17.6 Å². The molecule has 9 heteroatoms. The van der Waals surface area contributed by atoms with Crippen molar-refractivity contribution in [2.24, 2.45) is 11.1 Å². The number of halogens is 1. The Balaban J connectivity index is 1.26. The quantitative estimate of drug-likeness (QED) is 0.612. The first kappa shape index (κ1) is 21.6. The summed E-state index contributed by atoms with van der Waals surface area (Å²) in [7, 11) is 0. The lowest BCUT2D eigenvalue weighted by Crippen LogP contribution is -2.50. The molecule has 0 amide bonds. The van der Waals surface area contributed by atoms with E-state index in [0.29, 0.717) is 5.02 Å². The molecular formula is C23H25ClN6OS. The van der Waals surface area contributed by atoms with E-state index in [2.05, 4.69) is 31.8 Å². The highest BCUT2D eigenvalue weighted by Crippen LogP contribution is 2.42. The number of nitrogens with zero attached hydrogens (tertiary/aromatic N) is 5. The Hall–Kier alpha value is -2.26. The summed E-state index contributed by atoms with van der Waals surface area (Å²) in [5.74, 6) is 0.893. The maximum atomic E-state index is 6.66. The summed E-state index contributed by atoms with van der Waals surface area (Å²) >= 11 is 8.15. The van der Waals surface area contributed by atoms with Crippen molar-refractivity contribution in [3.05, 3.63) is 54.2 Å². The van der Waals surface area contributed by atoms with Crippen LogP contribution in [0.15, 0.2) is 59.1 Å². The minimum atomic E-state index is 0.101. The minimum absolute atomic E-state index is 0.101. The van der Waals surface area contributed by atoms with Gasteiger partial charge < -0.3 is 15.4 Å². The lowest BCUT2D eigenvalue weighted by Gasteiger charge is -2.41. The lowest BCUT2D eigenvalue weighted by molar-refractivity contribution is 0.0974. The van der Waals surface area contributed by atoms with Crippen molar-refractivity contribution in [2.75, 3.05) is 24.6 Å². The van der Waals surface area contributed by atoms with Crippen LogP contribution >= 0.6 is 23.4 Å². The summed E-state index contributed by atoms with van der Waals surface area (Å²) in [4.78, 5) is 21.0. The van der Waals surface area contributed by atoms with Crippen molar-refractivity contribution in [2.45, 2.75) is 41.8 Å².